The fourth-order valence-electron chi connectivity index (χ4n) is 7.37. The summed E-state index contributed by atoms with van der Waals surface area (Å²) in [7, 11) is 0. The molecular weight excluding hydrogens is 520 g/mol. The first-order valence-corrected chi connectivity index (χ1v) is 16.0. The number of phenolic OH excluding ortho intramolecular Hbond substituents is 3. The molecule has 228 valence electrons. The summed E-state index contributed by atoms with van der Waals surface area (Å²) in [5.74, 6) is 2.74. The molecule has 1 aliphatic heterocycles. The molecule has 0 aromatic heterocycles. The number of ether oxygens (including phenoxy) is 1. The Morgan fingerprint density at radius 1 is 0.810 bits per heavy atom. The standard InChI is InChI=1S/2C19H26O2/c1-5-6-13-10-16(20)18-14-9-12(2)7-8-15(14)19(3,4)21-17(18)11-13;1-5-6-14-10-17(20)19(18(21)11-14)16-9-13(4)7-8-15(16)12(2)3/h9-11,14-15,20H,5-8H2,1-4H3;9-11,15-16,20-21H,2,5-8H2,1,3-4H3/t14-,15-;15-,16+/m10/s1. The van der Waals surface area contributed by atoms with E-state index in [0.29, 0.717) is 17.2 Å². The summed E-state index contributed by atoms with van der Waals surface area (Å²) in [6.45, 7) is 19.1. The van der Waals surface area contributed by atoms with Gasteiger partial charge in [0.15, 0.2) is 0 Å². The van der Waals surface area contributed by atoms with Gasteiger partial charge in [0.1, 0.15) is 28.6 Å². The molecule has 2 aromatic rings. The Labute approximate surface area is 253 Å². The number of fused-ring (bicyclic) bond motifs is 3. The minimum absolute atomic E-state index is 0.0203. The van der Waals surface area contributed by atoms with Gasteiger partial charge in [-0.2, -0.15) is 0 Å². The molecular formula is C38H52O4. The number of benzene rings is 2. The zero-order valence-electron chi connectivity index (χ0n) is 26.9. The lowest BCUT2D eigenvalue weighted by molar-refractivity contribution is 0.0107. The summed E-state index contributed by atoms with van der Waals surface area (Å²) in [5, 5.41) is 31.4. The van der Waals surface area contributed by atoms with Crippen LogP contribution < -0.4 is 4.74 Å². The van der Waals surface area contributed by atoms with E-state index in [1.165, 1.54) is 16.7 Å². The van der Waals surface area contributed by atoms with Crippen molar-refractivity contribution in [3.8, 4) is 23.0 Å². The highest BCUT2D eigenvalue weighted by Crippen LogP contribution is 2.53. The second-order valence-corrected chi connectivity index (χ2v) is 13.5. The van der Waals surface area contributed by atoms with Gasteiger partial charge in [0.2, 0.25) is 0 Å². The van der Waals surface area contributed by atoms with Crippen molar-refractivity contribution in [1.82, 2.24) is 0 Å². The van der Waals surface area contributed by atoms with E-state index in [2.05, 4.69) is 66.3 Å². The Balaban J connectivity index is 0.000000193. The number of aryl methyl sites for hydroxylation is 2. The van der Waals surface area contributed by atoms with Crippen molar-refractivity contribution in [2.75, 3.05) is 0 Å². The number of hydrogen-bond donors (Lipinski definition) is 3. The first-order chi connectivity index (χ1) is 19.9. The van der Waals surface area contributed by atoms with Crippen LogP contribution in [0, 0.1) is 11.8 Å². The molecule has 0 amide bonds. The summed E-state index contributed by atoms with van der Waals surface area (Å²) in [6, 6.07) is 7.66. The average Bonchev–Trinajstić information content (AvgIpc) is 2.88. The van der Waals surface area contributed by atoms with Crippen molar-refractivity contribution in [2.24, 2.45) is 11.8 Å². The lowest BCUT2D eigenvalue weighted by atomic mass is 9.68. The molecule has 42 heavy (non-hydrogen) atoms. The minimum Gasteiger partial charge on any atom is -0.507 e. The van der Waals surface area contributed by atoms with E-state index in [4.69, 9.17) is 4.74 Å². The van der Waals surface area contributed by atoms with Crippen LogP contribution >= 0.6 is 0 Å². The van der Waals surface area contributed by atoms with Crippen LogP contribution in [0.5, 0.6) is 23.0 Å². The van der Waals surface area contributed by atoms with Crippen molar-refractivity contribution in [3.05, 3.63) is 82.0 Å². The van der Waals surface area contributed by atoms with Crippen molar-refractivity contribution >= 4 is 0 Å². The summed E-state index contributed by atoms with van der Waals surface area (Å²) < 4.78 is 6.30. The van der Waals surface area contributed by atoms with Gasteiger partial charge in [-0.25, -0.2) is 0 Å². The SMILES string of the molecule is C=C(C)[C@@H]1CCC(C)=C[C@H]1c1c(O)cc(CCC)cc1O.CCCc1cc(O)c2c(c1)OC(C)(C)[C@@H]1CCC(C)=C[C@@H]21. The lowest BCUT2D eigenvalue weighted by Gasteiger charge is -2.46. The van der Waals surface area contributed by atoms with Gasteiger partial charge < -0.3 is 20.1 Å². The molecule has 0 bridgehead atoms. The van der Waals surface area contributed by atoms with E-state index >= 15 is 0 Å². The number of allylic oxidation sites excluding steroid dienone is 5. The summed E-state index contributed by atoms with van der Waals surface area (Å²) in [6.07, 6.45) is 12.8. The molecule has 0 fully saturated rings. The van der Waals surface area contributed by atoms with Gasteiger partial charge in [-0.3, -0.25) is 0 Å². The zero-order valence-corrected chi connectivity index (χ0v) is 26.9. The average molecular weight is 573 g/mol. The Kier molecular flexibility index (Phi) is 9.85. The molecule has 2 aliphatic carbocycles. The highest BCUT2D eigenvalue weighted by atomic mass is 16.5. The predicted molar refractivity (Wildman–Crippen MR) is 174 cm³/mol. The predicted octanol–water partition coefficient (Wildman–Crippen LogP) is 10.0. The highest BCUT2D eigenvalue weighted by Gasteiger charge is 2.45. The van der Waals surface area contributed by atoms with Crippen molar-refractivity contribution in [3.63, 3.8) is 0 Å². The smallest absolute Gasteiger partial charge is 0.127 e. The summed E-state index contributed by atoms with van der Waals surface area (Å²) in [4.78, 5) is 0. The first-order valence-electron chi connectivity index (χ1n) is 16.0. The van der Waals surface area contributed by atoms with Crippen LogP contribution in [0.15, 0.2) is 59.7 Å². The van der Waals surface area contributed by atoms with Gasteiger partial charge in [-0.15, -0.1) is 0 Å². The third kappa shape index (κ3) is 6.74. The van der Waals surface area contributed by atoms with Crippen LogP contribution in [0.25, 0.3) is 0 Å². The lowest BCUT2D eigenvalue weighted by Crippen LogP contribution is -2.45. The van der Waals surface area contributed by atoms with Gasteiger partial charge in [-0.05, 0) is 114 Å². The summed E-state index contributed by atoms with van der Waals surface area (Å²) >= 11 is 0. The first kappa shape index (κ1) is 31.8. The number of rotatable bonds is 6. The van der Waals surface area contributed by atoms with Gasteiger partial charge in [0.05, 0.1) is 0 Å². The number of phenols is 3. The van der Waals surface area contributed by atoms with Gasteiger partial charge in [0.25, 0.3) is 0 Å². The molecule has 5 rings (SSSR count). The molecule has 0 saturated carbocycles. The van der Waals surface area contributed by atoms with E-state index in [-0.39, 0.29) is 34.9 Å². The number of hydrogen-bond acceptors (Lipinski definition) is 4. The molecule has 0 spiro atoms. The Bertz CT molecular complexity index is 1340. The second-order valence-electron chi connectivity index (χ2n) is 13.5. The van der Waals surface area contributed by atoms with Crippen LogP contribution in [-0.4, -0.2) is 20.9 Å². The molecule has 4 atom stereocenters. The molecule has 4 heteroatoms. The van der Waals surface area contributed by atoms with Crippen LogP contribution in [0.2, 0.25) is 0 Å². The maximum Gasteiger partial charge on any atom is 0.127 e. The fraction of sp³-hybridized carbons (Fsp3) is 0.526. The maximum absolute atomic E-state index is 10.5. The monoisotopic (exact) mass is 572 g/mol. The third-order valence-corrected chi connectivity index (χ3v) is 9.51. The van der Waals surface area contributed by atoms with Crippen molar-refractivity contribution < 1.29 is 20.1 Å². The van der Waals surface area contributed by atoms with Gasteiger partial charge >= 0.3 is 0 Å². The molecule has 1 heterocycles. The number of aromatic hydroxyl groups is 3. The van der Waals surface area contributed by atoms with E-state index in [0.717, 1.165) is 73.8 Å². The van der Waals surface area contributed by atoms with Crippen LogP contribution in [-0.2, 0) is 12.8 Å². The Morgan fingerprint density at radius 3 is 1.86 bits per heavy atom. The zero-order chi connectivity index (χ0) is 30.8. The second kappa shape index (κ2) is 13.0. The molecule has 3 N–H and O–H groups in total. The van der Waals surface area contributed by atoms with E-state index in [1.54, 1.807) is 12.1 Å². The van der Waals surface area contributed by atoms with E-state index in [9.17, 15) is 15.3 Å². The Hall–Kier alpha value is -3.14. The van der Waals surface area contributed by atoms with E-state index < -0.39 is 0 Å². The maximum atomic E-state index is 10.5. The van der Waals surface area contributed by atoms with Crippen molar-refractivity contribution in [1.29, 1.82) is 0 Å². The fourth-order valence-corrected chi connectivity index (χ4v) is 7.37. The third-order valence-electron chi connectivity index (χ3n) is 9.51. The molecule has 2 aromatic carbocycles. The normalized spacial score (nSPS) is 24.2. The van der Waals surface area contributed by atoms with Gasteiger partial charge in [-0.1, -0.05) is 62.1 Å². The van der Waals surface area contributed by atoms with Gasteiger partial charge in [0, 0.05) is 28.9 Å². The largest absolute Gasteiger partial charge is 0.507 e. The molecule has 0 unspecified atom stereocenters. The minimum atomic E-state index is -0.174. The van der Waals surface area contributed by atoms with Crippen LogP contribution in [0.1, 0.15) is 121 Å². The molecule has 4 nitrogen and oxygen atoms in total. The molecule has 3 aliphatic rings. The Morgan fingerprint density at radius 2 is 1.31 bits per heavy atom. The highest BCUT2D eigenvalue weighted by molar-refractivity contribution is 5.54. The van der Waals surface area contributed by atoms with E-state index in [1.807, 2.05) is 13.0 Å². The summed E-state index contributed by atoms with van der Waals surface area (Å²) in [5.41, 5.74) is 7.48. The van der Waals surface area contributed by atoms with Crippen LogP contribution in [0.4, 0.5) is 0 Å². The molecule has 0 radical (unpaired) electrons. The van der Waals surface area contributed by atoms with Crippen molar-refractivity contribution in [2.45, 2.75) is 117 Å². The topological polar surface area (TPSA) is 69.9 Å². The quantitative estimate of drug-likeness (QED) is 0.301. The van der Waals surface area contributed by atoms with Crippen LogP contribution in [0.3, 0.4) is 0 Å². The molecule has 0 saturated heterocycles.